The minimum Gasteiger partial charge on any atom is -0.480 e. The van der Waals surface area contributed by atoms with Gasteiger partial charge in [-0.1, -0.05) is 6.92 Å². The first kappa shape index (κ1) is 13.9. The zero-order valence-electron chi connectivity index (χ0n) is 10.1. The lowest BCUT2D eigenvalue weighted by molar-refractivity contribution is -0.147. The van der Waals surface area contributed by atoms with Crippen LogP contribution in [-0.2, 0) is 14.3 Å². The van der Waals surface area contributed by atoms with E-state index in [0.29, 0.717) is 32.5 Å². The summed E-state index contributed by atoms with van der Waals surface area (Å²) in [5, 5.41) is 8.49. The number of nitrogens with zero attached hydrogens (tertiary/aromatic N) is 1. The van der Waals surface area contributed by atoms with Crippen molar-refractivity contribution in [3.63, 3.8) is 0 Å². The summed E-state index contributed by atoms with van der Waals surface area (Å²) >= 11 is 0. The Morgan fingerprint density at radius 3 is 2.53 bits per heavy atom. The van der Waals surface area contributed by atoms with Gasteiger partial charge in [-0.05, 0) is 12.8 Å². The van der Waals surface area contributed by atoms with Crippen molar-refractivity contribution in [2.45, 2.75) is 25.9 Å². The lowest BCUT2D eigenvalue weighted by Crippen LogP contribution is -2.44. The van der Waals surface area contributed by atoms with Crippen molar-refractivity contribution in [2.75, 3.05) is 26.2 Å². The van der Waals surface area contributed by atoms with E-state index in [-0.39, 0.29) is 24.5 Å². The standard InChI is InChI=1S/C11H20N2O4/c1-8(6-12)11(16)13-4-2-9(3-5-13)17-7-10(14)15/h8-9H,2-7,12H2,1H3,(H,14,15). The molecule has 3 N–H and O–H groups in total. The molecule has 1 heterocycles. The molecule has 6 nitrogen and oxygen atoms in total. The predicted octanol–water partition coefficient (Wildman–Crippen LogP) is -0.327. The molecule has 0 aromatic carbocycles. The molecule has 0 bridgehead atoms. The van der Waals surface area contributed by atoms with E-state index in [1.54, 1.807) is 4.90 Å². The summed E-state index contributed by atoms with van der Waals surface area (Å²) in [6, 6.07) is 0. The third-order valence-electron chi connectivity index (χ3n) is 2.97. The third-order valence-corrected chi connectivity index (χ3v) is 2.97. The molecule has 1 unspecified atom stereocenters. The monoisotopic (exact) mass is 244 g/mol. The van der Waals surface area contributed by atoms with Crippen LogP contribution in [0.15, 0.2) is 0 Å². The smallest absolute Gasteiger partial charge is 0.329 e. The maximum Gasteiger partial charge on any atom is 0.329 e. The Balaban J connectivity index is 2.30. The van der Waals surface area contributed by atoms with E-state index in [2.05, 4.69) is 0 Å². The molecule has 1 atom stereocenters. The SMILES string of the molecule is CC(CN)C(=O)N1CCC(OCC(=O)O)CC1. The topological polar surface area (TPSA) is 92.9 Å². The highest BCUT2D eigenvalue weighted by Crippen LogP contribution is 2.15. The summed E-state index contributed by atoms with van der Waals surface area (Å²) in [6.07, 6.45) is 1.33. The molecule has 0 radical (unpaired) electrons. The van der Waals surface area contributed by atoms with Gasteiger partial charge < -0.3 is 20.5 Å². The number of amides is 1. The Morgan fingerprint density at radius 1 is 1.47 bits per heavy atom. The fourth-order valence-electron chi connectivity index (χ4n) is 1.84. The molecule has 1 fully saturated rings. The molecule has 1 aliphatic heterocycles. The van der Waals surface area contributed by atoms with Crippen LogP contribution < -0.4 is 5.73 Å². The minimum atomic E-state index is -0.958. The number of carboxylic acid groups (broad SMARTS) is 1. The van der Waals surface area contributed by atoms with E-state index in [1.807, 2.05) is 6.92 Å². The first-order valence-corrected chi connectivity index (χ1v) is 5.86. The fraction of sp³-hybridized carbons (Fsp3) is 0.818. The number of carbonyl (C=O) groups is 2. The van der Waals surface area contributed by atoms with E-state index in [1.165, 1.54) is 0 Å². The lowest BCUT2D eigenvalue weighted by atomic mass is 10.0. The van der Waals surface area contributed by atoms with Crippen molar-refractivity contribution in [1.82, 2.24) is 4.90 Å². The van der Waals surface area contributed by atoms with Gasteiger partial charge in [-0.3, -0.25) is 4.79 Å². The van der Waals surface area contributed by atoms with Gasteiger partial charge in [0.1, 0.15) is 6.61 Å². The molecule has 0 spiro atoms. The molecule has 1 saturated heterocycles. The number of carbonyl (C=O) groups excluding carboxylic acids is 1. The van der Waals surface area contributed by atoms with Crippen LogP contribution in [0.5, 0.6) is 0 Å². The van der Waals surface area contributed by atoms with Crippen LogP contribution in [0.3, 0.4) is 0 Å². The van der Waals surface area contributed by atoms with Gasteiger partial charge in [0.15, 0.2) is 0 Å². The second-order valence-electron chi connectivity index (χ2n) is 4.37. The van der Waals surface area contributed by atoms with E-state index in [9.17, 15) is 9.59 Å². The Kier molecular flexibility index (Phi) is 5.37. The molecular formula is C11H20N2O4. The van der Waals surface area contributed by atoms with Gasteiger partial charge in [0.05, 0.1) is 6.10 Å². The normalized spacial score (nSPS) is 19.1. The number of ether oxygens (including phenoxy) is 1. The fourth-order valence-corrected chi connectivity index (χ4v) is 1.84. The summed E-state index contributed by atoms with van der Waals surface area (Å²) in [7, 11) is 0. The average molecular weight is 244 g/mol. The van der Waals surface area contributed by atoms with Crippen LogP contribution in [0, 0.1) is 5.92 Å². The zero-order chi connectivity index (χ0) is 12.8. The number of hydrogen-bond acceptors (Lipinski definition) is 4. The molecule has 6 heteroatoms. The van der Waals surface area contributed by atoms with E-state index < -0.39 is 5.97 Å². The molecule has 0 aliphatic carbocycles. The third kappa shape index (κ3) is 4.32. The molecule has 17 heavy (non-hydrogen) atoms. The predicted molar refractivity (Wildman–Crippen MR) is 61.4 cm³/mol. The summed E-state index contributed by atoms with van der Waals surface area (Å²) in [5.74, 6) is -1.03. The summed E-state index contributed by atoms with van der Waals surface area (Å²) in [4.78, 5) is 23.9. The van der Waals surface area contributed by atoms with Crippen molar-refractivity contribution in [1.29, 1.82) is 0 Å². The van der Waals surface area contributed by atoms with Crippen LogP contribution in [-0.4, -0.2) is 54.2 Å². The van der Waals surface area contributed by atoms with Gasteiger partial charge in [-0.2, -0.15) is 0 Å². The minimum absolute atomic E-state index is 0.0525. The molecule has 0 saturated carbocycles. The Bertz CT molecular complexity index is 275. The number of carboxylic acids is 1. The van der Waals surface area contributed by atoms with Crippen LogP contribution in [0.4, 0.5) is 0 Å². The maximum atomic E-state index is 11.8. The molecular weight excluding hydrogens is 224 g/mol. The van der Waals surface area contributed by atoms with Gasteiger partial charge in [0, 0.05) is 25.6 Å². The zero-order valence-corrected chi connectivity index (χ0v) is 10.1. The van der Waals surface area contributed by atoms with Crippen molar-refractivity contribution >= 4 is 11.9 Å². The molecule has 0 aromatic rings. The van der Waals surface area contributed by atoms with Crippen LogP contribution in [0.2, 0.25) is 0 Å². The van der Waals surface area contributed by atoms with Crippen LogP contribution in [0.25, 0.3) is 0 Å². The van der Waals surface area contributed by atoms with E-state index in [0.717, 1.165) is 0 Å². The number of hydrogen-bond donors (Lipinski definition) is 2. The summed E-state index contributed by atoms with van der Waals surface area (Å²) in [5.41, 5.74) is 5.45. The number of piperidine rings is 1. The first-order valence-electron chi connectivity index (χ1n) is 5.86. The van der Waals surface area contributed by atoms with Crippen molar-refractivity contribution < 1.29 is 19.4 Å². The highest BCUT2D eigenvalue weighted by Gasteiger charge is 2.25. The van der Waals surface area contributed by atoms with Crippen molar-refractivity contribution in [3.8, 4) is 0 Å². The quantitative estimate of drug-likeness (QED) is 0.691. The maximum absolute atomic E-state index is 11.8. The van der Waals surface area contributed by atoms with Crippen LogP contribution >= 0.6 is 0 Å². The van der Waals surface area contributed by atoms with E-state index >= 15 is 0 Å². The molecule has 0 aromatic heterocycles. The first-order chi connectivity index (χ1) is 8.04. The van der Waals surface area contributed by atoms with Gasteiger partial charge >= 0.3 is 5.97 Å². The number of nitrogens with two attached hydrogens (primary N) is 1. The van der Waals surface area contributed by atoms with Gasteiger partial charge in [0.2, 0.25) is 5.91 Å². The number of rotatable bonds is 5. The number of aliphatic carboxylic acids is 1. The molecule has 1 aliphatic rings. The highest BCUT2D eigenvalue weighted by molar-refractivity contribution is 5.78. The second kappa shape index (κ2) is 6.56. The second-order valence-corrected chi connectivity index (χ2v) is 4.37. The number of likely N-dealkylation sites (tertiary alicyclic amines) is 1. The summed E-state index contributed by atoms with van der Waals surface area (Å²) < 4.78 is 5.20. The highest BCUT2D eigenvalue weighted by atomic mass is 16.5. The summed E-state index contributed by atoms with van der Waals surface area (Å²) in [6.45, 7) is 3.14. The molecule has 1 amide bonds. The Morgan fingerprint density at radius 2 is 2.06 bits per heavy atom. The Labute approximate surface area is 101 Å². The van der Waals surface area contributed by atoms with Crippen molar-refractivity contribution in [2.24, 2.45) is 11.7 Å². The Hall–Kier alpha value is -1.14. The average Bonchev–Trinajstić information content (AvgIpc) is 2.35. The van der Waals surface area contributed by atoms with Gasteiger partial charge in [-0.25, -0.2) is 4.79 Å². The van der Waals surface area contributed by atoms with E-state index in [4.69, 9.17) is 15.6 Å². The van der Waals surface area contributed by atoms with Gasteiger partial charge in [-0.15, -0.1) is 0 Å². The van der Waals surface area contributed by atoms with Crippen molar-refractivity contribution in [3.05, 3.63) is 0 Å². The molecule has 1 rings (SSSR count). The lowest BCUT2D eigenvalue weighted by Gasteiger charge is -2.33. The van der Waals surface area contributed by atoms with Crippen LogP contribution in [0.1, 0.15) is 19.8 Å². The van der Waals surface area contributed by atoms with Gasteiger partial charge in [0.25, 0.3) is 0 Å². The molecule has 98 valence electrons. The largest absolute Gasteiger partial charge is 0.480 e.